The Morgan fingerprint density at radius 3 is 2.78 bits per heavy atom. The molecule has 94 valence electrons. The Hall–Kier alpha value is -1.55. The highest BCUT2D eigenvalue weighted by Crippen LogP contribution is 2.20. The number of nitrogens with one attached hydrogen (secondary N) is 1. The van der Waals surface area contributed by atoms with E-state index in [4.69, 9.17) is 4.42 Å². The van der Waals surface area contributed by atoms with Crippen LogP contribution in [0.5, 0.6) is 0 Å². The molecular weight excluding hydrogens is 294 g/mol. The first kappa shape index (κ1) is 12.9. The van der Waals surface area contributed by atoms with Crippen LogP contribution in [0.25, 0.3) is 0 Å². The molecular formula is C14H14BrNO2. The molecule has 3 nitrogen and oxygen atoms in total. The molecule has 18 heavy (non-hydrogen) atoms. The Balaban J connectivity index is 2.15. The lowest BCUT2D eigenvalue weighted by atomic mass is 10.1. The largest absolute Gasteiger partial charge is 0.467 e. The fraction of sp³-hybridized carbons (Fsp3) is 0.214. The standard InChI is InChI=1S/C14H14BrNO2/c1-9-11(5-3-6-12(9)15)14(17)16-10(2)13-7-4-8-18-13/h3-8,10H,1-2H3,(H,16,17). The molecule has 0 aliphatic rings. The van der Waals surface area contributed by atoms with Crippen LogP contribution < -0.4 is 5.32 Å². The van der Waals surface area contributed by atoms with Gasteiger partial charge < -0.3 is 9.73 Å². The molecule has 1 aromatic heterocycles. The predicted octanol–water partition coefficient (Wildman–Crippen LogP) is 3.84. The van der Waals surface area contributed by atoms with E-state index in [1.807, 2.05) is 44.2 Å². The van der Waals surface area contributed by atoms with Gasteiger partial charge in [0.25, 0.3) is 5.91 Å². The van der Waals surface area contributed by atoms with E-state index in [2.05, 4.69) is 21.2 Å². The summed E-state index contributed by atoms with van der Waals surface area (Å²) in [5, 5.41) is 2.91. The highest BCUT2D eigenvalue weighted by Gasteiger charge is 2.15. The summed E-state index contributed by atoms with van der Waals surface area (Å²) in [4.78, 5) is 12.1. The third kappa shape index (κ3) is 2.64. The molecule has 0 aliphatic carbocycles. The van der Waals surface area contributed by atoms with Crippen molar-refractivity contribution >= 4 is 21.8 Å². The first-order valence-electron chi connectivity index (χ1n) is 5.69. The van der Waals surface area contributed by atoms with Crippen molar-refractivity contribution in [2.75, 3.05) is 0 Å². The first-order chi connectivity index (χ1) is 8.59. The van der Waals surface area contributed by atoms with Gasteiger partial charge >= 0.3 is 0 Å². The summed E-state index contributed by atoms with van der Waals surface area (Å²) in [5.74, 6) is 0.647. The highest BCUT2D eigenvalue weighted by atomic mass is 79.9. The second-order valence-corrected chi connectivity index (χ2v) is 4.98. The van der Waals surface area contributed by atoms with E-state index in [-0.39, 0.29) is 11.9 Å². The maximum absolute atomic E-state index is 12.1. The fourth-order valence-electron chi connectivity index (χ4n) is 1.74. The van der Waals surface area contributed by atoms with Crippen molar-refractivity contribution in [3.8, 4) is 0 Å². The number of carbonyl (C=O) groups excluding carboxylic acids is 1. The van der Waals surface area contributed by atoms with Crippen LogP contribution >= 0.6 is 15.9 Å². The minimum Gasteiger partial charge on any atom is -0.467 e. The fourth-order valence-corrected chi connectivity index (χ4v) is 2.10. The third-order valence-electron chi connectivity index (χ3n) is 2.83. The van der Waals surface area contributed by atoms with Crippen molar-refractivity contribution in [2.45, 2.75) is 19.9 Å². The summed E-state index contributed by atoms with van der Waals surface area (Å²) in [6.07, 6.45) is 1.60. The second-order valence-electron chi connectivity index (χ2n) is 4.12. The lowest BCUT2D eigenvalue weighted by Crippen LogP contribution is -2.27. The molecule has 1 unspecified atom stereocenters. The Morgan fingerprint density at radius 1 is 1.33 bits per heavy atom. The maximum Gasteiger partial charge on any atom is 0.252 e. The average Bonchev–Trinajstić information content (AvgIpc) is 2.86. The quantitative estimate of drug-likeness (QED) is 0.936. The number of furan rings is 1. The average molecular weight is 308 g/mol. The normalized spacial score (nSPS) is 12.2. The first-order valence-corrected chi connectivity index (χ1v) is 6.48. The topological polar surface area (TPSA) is 42.2 Å². The van der Waals surface area contributed by atoms with E-state index in [0.717, 1.165) is 15.8 Å². The predicted molar refractivity (Wildman–Crippen MR) is 73.5 cm³/mol. The van der Waals surface area contributed by atoms with Gasteiger partial charge in [0.2, 0.25) is 0 Å². The molecule has 0 bridgehead atoms. The van der Waals surface area contributed by atoms with Crippen LogP contribution in [0, 0.1) is 6.92 Å². The van der Waals surface area contributed by atoms with Gasteiger partial charge in [0.1, 0.15) is 5.76 Å². The van der Waals surface area contributed by atoms with Crippen molar-refractivity contribution in [3.05, 3.63) is 58.0 Å². The van der Waals surface area contributed by atoms with Crippen LogP contribution in [0.4, 0.5) is 0 Å². The zero-order chi connectivity index (χ0) is 13.1. The van der Waals surface area contributed by atoms with Crippen molar-refractivity contribution in [3.63, 3.8) is 0 Å². The van der Waals surface area contributed by atoms with Gasteiger partial charge in [-0.25, -0.2) is 0 Å². The van der Waals surface area contributed by atoms with E-state index in [9.17, 15) is 4.79 Å². The van der Waals surface area contributed by atoms with E-state index < -0.39 is 0 Å². The third-order valence-corrected chi connectivity index (χ3v) is 3.69. The van der Waals surface area contributed by atoms with Crippen molar-refractivity contribution in [1.82, 2.24) is 5.32 Å². The number of benzene rings is 1. The molecule has 1 N–H and O–H groups in total. The number of halogens is 1. The van der Waals surface area contributed by atoms with Crippen LogP contribution in [0.3, 0.4) is 0 Å². The molecule has 1 amide bonds. The molecule has 0 spiro atoms. The van der Waals surface area contributed by atoms with Crippen LogP contribution in [0.1, 0.15) is 34.6 Å². The monoisotopic (exact) mass is 307 g/mol. The smallest absolute Gasteiger partial charge is 0.252 e. The number of hydrogen-bond acceptors (Lipinski definition) is 2. The van der Waals surface area contributed by atoms with Gasteiger partial charge in [-0.2, -0.15) is 0 Å². The van der Waals surface area contributed by atoms with Gasteiger partial charge in [0.05, 0.1) is 12.3 Å². The molecule has 1 aromatic carbocycles. The Morgan fingerprint density at radius 2 is 2.11 bits per heavy atom. The molecule has 4 heteroatoms. The Labute approximate surface area is 114 Å². The minimum absolute atomic E-state index is 0.0994. The van der Waals surface area contributed by atoms with Gasteiger partial charge in [-0.05, 0) is 43.7 Å². The SMILES string of the molecule is Cc1c(Br)cccc1C(=O)NC(C)c1ccco1. The van der Waals surface area contributed by atoms with Gasteiger partial charge in [0.15, 0.2) is 0 Å². The van der Waals surface area contributed by atoms with Crippen molar-refractivity contribution in [1.29, 1.82) is 0 Å². The van der Waals surface area contributed by atoms with E-state index in [1.54, 1.807) is 6.26 Å². The summed E-state index contributed by atoms with van der Waals surface area (Å²) in [5.41, 5.74) is 1.60. The molecule has 0 radical (unpaired) electrons. The highest BCUT2D eigenvalue weighted by molar-refractivity contribution is 9.10. The Bertz CT molecular complexity index is 549. The van der Waals surface area contributed by atoms with E-state index in [1.165, 1.54) is 0 Å². The van der Waals surface area contributed by atoms with Crippen LogP contribution in [0.15, 0.2) is 45.5 Å². The molecule has 2 aromatic rings. The maximum atomic E-state index is 12.1. The van der Waals surface area contributed by atoms with Crippen molar-refractivity contribution < 1.29 is 9.21 Å². The van der Waals surface area contributed by atoms with Crippen LogP contribution in [-0.2, 0) is 0 Å². The van der Waals surface area contributed by atoms with E-state index in [0.29, 0.717) is 5.56 Å². The van der Waals surface area contributed by atoms with Gasteiger partial charge in [-0.1, -0.05) is 22.0 Å². The lowest BCUT2D eigenvalue weighted by Gasteiger charge is -2.13. The van der Waals surface area contributed by atoms with Gasteiger partial charge in [-0.3, -0.25) is 4.79 Å². The molecule has 1 atom stereocenters. The van der Waals surface area contributed by atoms with Gasteiger partial charge in [0, 0.05) is 10.0 Å². The van der Waals surface area contributed by atoms with Gasteiger partial charge in [-0.15, -0.1) is 0 Å². The zero-order valence-corrected chi connectivity index (χ0v) is 11.8. The minimum atomic E-state index is -0.147. The van der Waals surface area contributed by atoms with Crippen LogP contribution in [-0.4, -0.2) is 5.91 Å². The van der Waals surface area contributed by atoms with Crippen molar-refractivity contribution in [2.24, 2.45) is 0 Å². The molecule has 0 aliphatic heterocycles. The number of hydrogen-bond donors (Lipinski definition) is 1. The summed E-state index contributed by atoms with van der Waals surface area (Å²) in [7, 11) is 0. The van der Waals surface area contributed by atoms with Crippen LogP contribution in [0.2, 0.25) is 0 Å². The molecule has 1 heterocycles. The number of amides is 1. The molecule has 0 fully saturated rings. The Kier molecular flexibility index (Phi) is 3.87. The summed E-state index contributed by atoms with van der Waals surface area (Å²) < 4.78 is 6.19. The molecule has 0 saturated heterocycles. The second kappa shape index (κ2) is 5.40. The summed E-state index contributed by atoms with van der Waals surface area (Å²) in [6.45, 7) is 3.81. The zero-order valence-electron chi connectivity index (χ0n) is 10.2. The summed E-state index contributed by atoms with van der Waals surface area (Å²) >= 11 is 3.42. The van der Waals surface area contributed by atoms with E-state index >= 15 is 0 Å². The lowest BCUT2D eigenvalue weighted by molar-refractivity contribution is 0.0934. The number of rotatable bonds is 3. The number of carbonyl (C=O) groups is 1. The summed E-state index contributed by atoms with van der Waals surface area (Å²) in [6, 6.07) is 9.09. The molecule has 2 rings (SSSR count). The molecule has 0 saturated carbocycles.